The summed E-state index contributed by atoms with van der Waals surface area (Å²) < 4.78 is 1.64. The highest BCUT2D eigenvalue weighted by molar-refractivity contribution is 7.99. The second-order valence-electron chi connectivity index (χ2n) is 5.42. The van der Waals surface area contributed by atoms with Gasteiger partial charge in [-0.2, -0.15) is 0 Å². The molecule has 0 aromatic carbocycles. The van der Waals surface area contributed by atoms with Gasteiger partial charge in [-0.3, -0.25) is 14.2 Å². The molecule has 120 valence electrons. The van der Waals surface area contributed by atoms with E-state index in [4.69, 9.17) is 0 Å². The third-order valence-electron chi connectivity index (χ3n) is 3.60. The Labute approximate surface area is 138 Å². The maximum Gasteiger partial charge on any atom is 0.254 e. The number of aromatic nitrogens is 3. The molecule has 0 saturated heterocycles. The van der Waals surface area contributed by atoms with Crippen LogP contribution in [0.25, 0.3) is 0 Å². The molecular weight excluding hydrogens is 312 g/mol. The van der Waals surface area contributed by atoms with Crippen LogP contribution in [0.15, 0.2) is 40.4 Å². The summed E-state index contributed by atoms with van der Waals surface area (Å²) in [6, 6.07) is 6.77. The molecule has 0 radical (unpaired) electrons. The van der Waals surface area contributed by atoms with Crippen molar-refractivity contribution < 1.29 is 4.79 Å². The summed E-state index contributed by atoms with van der Waals surface area (Å²) in [5.74, 6) is 1.06. The fraction of sp³-hybridized carbons (Fsp3) is 0.375. The first-order chi connectivity index (χ1) is 11.2. The lowest BCUT2D eigenvalue weighted by Gasteiger charge is -2.13. The lowest BCUT2D eigenvalue weighted by molar-refractivity contribution is -0.116. The highest BCUT2D eigenvalue weighted by Gasteiger charge is 2.27. The first-order valence-electron chi connectivity index (χ1n) is 7.63. The summed E-state index contributed by atoms with van der Waals surface area (Å²) in [7, 11) is 0. The van der Waals surface area contributed by atoms with Gasteiger partial charge in [0.1, 0.15) is 5.82 Å². The van der Waals surface area contributed by atoms with Crippen molar-refractivity contribution in [3.63, 3.8) is 0 Å². The monoisotopic (exact) mass is 330 g/mol. The SMILES string of the molecule is CCCc1cc(=O)n2c(n1)SCC2CC(=O)Nc1ccccn1. The molecule has 0 bridgehead atoms. The van der Waals surface area contributed by atoms with Crippen LogP contribution in [0.4, 0.5) is 5.82 Å². The van der Waals surface area contributed by atoms with E-state index in [1.165, 1.54) is 11.8 Å². The van der Waals surface area contributed by atoms with Gasteiger partial charge < -0.3 is 5.32 Å². The number of rotatable bonds is 5. The predicted octanol–water partition coefficient (Wildman–Crippen LogP) is 2.27. The van der Waals surface area contributed by atoms with Crippen molar-refractivity contribution in [2.24, 2.45) is 0 Å². The summed E-state index contributed by atoms with van der Waals surface area (Å²) in [5, 5.41) is 3.47. The van der Waals surface area contributed by atoms with Gasteiger partial charge in [0.05, 0.1) is 6.04 Å². The number of amides is 1. The molecule has 3 rings (SSSR count). The molecule has 1 aliphatic rings. The quantitative estimate of drug-likeness (QED) is 0.851. The summed E-state index contributed by atoms with van der Waals surface area (Å²) >= 11 is 1.53. The minimum absolute atomic E-state index is 0.0703. The zero-order valence-corrected chi connectivity index (χ0v) is 13.7. The number of carbonyl (C=O) groups is 1. The van der Waals surface area contributed by atoms with Gasteiger partial charge in [0, 0.05) is 30.1 Å². The highest BCUT2D eigenvalue weighted by Crippen LogP contribution is 2.32. The van der Waals surface area contributed by atoms with E-state index < -0.39 is 0 Å². The van der Waals surface area contributed by atoms with Crippen molar-refractivity contribution in [2.45, 2.75) is 37.4 Å². The lowest BCUT2D eigenvalue weighted by Crippen LogP contribution is -2.27. The van der Waals surface area contributed by atoms with Crippen LogP contribution >= 0.6 is 11.8 Å². The van der Waals surface area contributed by atoms with Crippen LogP contribution in [0.3, 0.4) is 0 Å². The number of hydrogen-bond acceptors (Lipinski definition) is 5. The van der Waals surface area contributed by atoms with Crippen molar-refractivity contribution in [1.82, 2.24) is 14.5 Å². The predicted molar refractivity (Wildman–Crippen MR) is 89.7 cm³/mol. The van der Waals surface area contributed by atoms with E-state index in [0.717, 1.165) is 23.7 Å². The van der Waals surface area contributed by atoms with E-state index in [1.54, 1.807) is 29.0 Å². The van der Waals surface area contributed by atoms with Gasteiger partial charge in [0.25, 0.3) is 5.56 Å². The average Bonchev–Trinajstić information content (AvgIpc) is 2.92. The smallest absolute Gasteiger partial charge is 0.254 e. The highest BCUT2D eigenvalue weighted by atomic mass is 32.2. The molecule has 6 nitrogen and oxygen atoms in total. The van der Waals surface area contributed by atoms with Crippen LogP contribution in [-0.4, -0.2) is 26.2 Å². The summed E-state index contributed by atoms with van der Waals surface area (Å²) in [6.45, 7) is 2.06. The molecule has 2 aromatic rings. The van der Waals surface area contributed by atoms with Gasteiger partial charge in [-0.1, -0.05) is 31.2 Å². The molecule has 1 N–H and O–H groups in total. The molecule has 0 aliphatic carbocycles. The van der Waals surface area contributed by atoms with Gasteiger partial charge in [-0.15, -0.1) is 0 Å². The Morgan fingerprint density at radius 1 is 1.48 bits per heavy atom. The summed E-state index contributed by atoms with van der Waals surface area (Å²) in [6.07, 6.45) is 3.62. The number of aryl methyl sites for hydroxylation is 1. The number of anilines is 1. The maximum absolute atomic E-state index is 12.3. The van der Waals surface area contributed by atoms with Crippen LogP contribution < -0.4 is 10.9 Å². The zero-order chi connectivity index (χ0) is 16.2. The largest absolute Gasteiger partial charge is 0.311 e. The Bertz CT molecular complexity index is 760. The summed E-state index contributed by atoms with van der Waals surface area (Å²) in [4.78, 5) is 33.1. The molecule has 23 heavy (non-hydrogen) atoms. The molecule has 0 spiro atoms. The van der Waals surface area contributed by atoms with E-state index in [9.17, 15) is 9.59 Å². The second kappa shape index (κ2) is 6.95. The van der Waals surface area contributed by atoms with Crippen molar-refractivity contribution in [1.29, 1.82) is 0 Å². The molecule has 3 heterocycles. The molecule has 1 atom stereocenters. The number of nitrogens with one attached hydrogen (secondary N) is 1. The zero-order valence-electron chi connectivity index (χ0n) is 12.9. The lowest BCUT2D eigenvalue weighted by atomic mass is 10.2. The minimum atomic E-state index is -0.158. The summed E-state index contributed by atoms with van der Waals surface area (Å²) in [5.41, 5.74) is 0.758. The van der Waals surface area contributed by atoms with Crippen molar-refractivity contribution in [3.05, 3.63) is 46.5 Å². The number of fused-ring (bicyclic) bond motifs is 1. The average molecular weight is 330 g/mol. The Hall–Kier alpha value is -2.15. The molecule has 0 saturated carbocycles. The Balaban J connectivity index is 1.73. The van der Waals surface area contributed by atoms with E-state index >= 15 is 0 Å². The molecule has 1 aliphatic heterocycles. The topological polar surface area (TPSA) is 76.9 Å². The van der Waals surface area contributed by atoms with E-state index in [1.807, 2.05) is 6.07 Å². The second-order valence-corrected chi connectivity index (χ2v) is 6.41. The number of hydrogen-bond donors (Lipinski definition) is 1. The molecular formula is C16H18N4O2S. The van der Waals surface area contributed by atoms with E-state index in [0.29, 0.717) is 11.6 Å². The number of pyridine rings is 1. The minimum Gasteiger partial charge on any atom is -0.311 e. The van der Waals surface area contributed by atoms with Crippen LogP contribution in [0, 0.1) is 0 Å². The van der Waals surface area contributed by atoms with Gasteiger partial charge in [0.2, 0.25) is 5.91 Å². The fourth-order valence-electron chi connectivity index (χ4n) is 2.58. The van der Waals surface area contributed by atoms with E-state index in [-0.39, 0.29) is 23.9 Å². The maximum atomic E-state index is 12.3. The van der Waals surface area contributed by atoms with Crippen LogP contribution in [-0.2, 0) is 11.2 Å². The van der Waals surface area contributed by atoms with Crippen molar-refractivity contribution >= 4 is 23.5 Å². The third-order valence-corrected chi connectivity index (χ3v) is 4.70. The molecule has 7 heteroatoms. The molecule has 0 fully saturated rings. The standard InChI is InChI=1S/C16H18N4O2S/c1-2-5-11-8-15(22)20-12(10-23-16(20)18-11)9-14(21)19-13-6-3-4-7-17-13/h3-4,6-8,12H,2,5,9-10H2,1H3,(H,17,19,21). The number of carbonyl (C=O) groups excluding carboxylic acids is 1. The Kier molecular flexibility index (Phi) is 4.76. The van der Waals surface area contributed by atoms with Crippen LogP contribution in [0.5, 0.6) is 0 Å². The molecule has 1 unspecified atom stereocenters. The third kappa shape index (κ3) is 3.61. The van der Waals surface area contributed by atoms with Crippen LogP contribution in [0.1, 0.15) is 31.5 Å². The van der Waals surface area contributed by atoms with E-state index in [2.05, 4.69) is 22.2 Å². The van der Waals surface area contributed by atoms with Gasteiger partial charge >= 0.3 is 0 Å². The van der Waals surface area contributed by atoms with Gasteiger partial charge in [0.15, 0.2) is 5.16 Å². The number of thioether (sulfide) groups is 1. The molecule has 2 aromatic heterocycles. The normalized spacial score (nSPS) is 16.1. The Morgan fingerprint density at radius 2 is 2.35 bits per heavy atom. The Morgan fingerprint density at radius 3 is 3.09 bits per heavy atom. The fourth-order valence-corrected chi connectivity index (χ4v) is 3.75. The number of nitrogens with zero attached hydrogens (tertiary/aromatic N) is 3. The van der Waals surface area contributed by atoms with Crippen LogP contribution in [0.2, 0.25) is 0 Å². The molecule has 1 amide bonds. The first-order valence-corrected chi connectivity index (χ1v) is 8.62. The van der Waals surface area contributed by atoms with Crippen molar-refractivity contribution in [2.75, 3.05) is 11.1 Å². The van der Waals surface area contributed by atoms with Crippen molar-refractivity contribution in [3.8, 4) is 0 Å². The van der Waals surface area contributed by atoms with Gasteiger partial charge in [-0.05, 0) is 18.6 Å². The van der Waals surface area contributed by atoms with Gasteiger partial charge in [-0.25, -0.2) is 9.97 Å². The first kappa shape index (κ1) is 15.7.